The van der Waals surface area contributed by atoms with E-state index >= 15 is 0 Å². The third-order valence-electron chi connectivity index (χ3n) is 3.12. The van der Waals surface area contributed by atoms with Gasteiger partial charge in [-0.05, 0) is 12.8 Å². The predicted molar refractivity (Wildman–Crippen MR) is 52.0 cm³/mol. The molecule has 0 aromatic heterocycles. The van der Waals surface area contributed by atoms with Gasteiger partial charge in [-0.3, -0.25) is 5.41 Å². The SMILES string of the molecule is N=C(N)N1CC[C@@]2(C[C@@H](O)CCO2)C1. The van der Waals surface area contributed by atoms with Gasteiger partial charge in [-0.25, -0.2) is 0 Å². The number of hydrogen-bond donors (Lipinski definition) is 3. The van der Waals surface area contributed by atoms with Crippen molar-refractivity contribution in [3.8, 4) is 0 Å². The summed E-state index contributed by atoms with van der Waals surface area (Å²) >= 11 is 0. The largest absolute Gasteiger partial charge is 0.393 e. The molecule has 5 nitrogen and oxygen atoms in total. The number of guanidine groups is 1. The van der Waals surface area contributed by atoms with Gasteiger partial charge in [0.2, 0.25) is 0 Å². The lowest BCUT2D eigenvalue weighted by Crippen LogP contribution is -2.45. The highest BCUT2D eigenvalue weighted by atomic mass is 16.5. The van der Waals surface area contributed by atoms with E-state index in [2.05, 4.69) is 0 Å². The molecule has 4 N–H and O–H groups in total. The first-order chi connectivity index (χ1) is 6.61. The number of nitrogens with one attached hydrogen (secondary N) is 1. The van der Waals surface area contributed by atoms with Gasteiger partial charge in [0.05, 0.1) is 11.7 Å². The fourth-order valence-corrected chi connectivity index (χ4v) is 2.34. The monoisotopic (exact) mass is 199 g/mol. The Morgan fingerprint density at radius 1 is 1.64 bits per heavy atom. The molecule has 0 saturated carbocycles. The van der Waals surface area contributed by atoms with Gasteiger partial charge < -0.3 is 20.5 Å². The van der Waals surface area contributed by atoms with Crippen molar-refractivity contribution in [2.24, 2.45) is 5.73 Å². The van der Waals surface area contributed by atoms with Crippen LogP contribution in [0.25, 0.3) is 0 Å². The molecule has 0 aromatic rings. The van der Waals surface area contributed by atoms with E-state index in [1.165, 1.54) is 0 Å². The summed E-state index contributed by atoms with van der Waals surface area (Å²) in [6.07, 6.45) is 2.01. The van der Waals surface area contributed by atoms with Crippen LogP contribution in [0, 0.1) is 5.41 Å². The van der Waals surface area contributed by atoms with E-state index in [-0.39, 0.29) is 17.7 Å². The molecule has 2 atom stereocenters. The minimum absolute atomic E-state index is 0.102. The zero-order chi connectivity index (χ0) is 10.2. The van der Waals surface area contributed by atoms with Crippen molar-refractivity contribution in [3.63, 3.8) is 0 Å². The summed E-state index contributed by atoms with van der Waals surface area (Å²) in [7, 11) is 0. The van der Waals surface area contributed by atoms with Gasteiger partial charge in [0, 0.05) is 26.1 Å². The minimum atomic E-state index is -0.254. The van der Waals surface area contributed by atoms with Crippen LogP contribution in [0.5, 0.6) is 0 Å². The summed E-state index contributed by atoms with van der Waals surface area (Å²) in [5.74, 6) is 0.102. The lowest BCUT2D eigenvalue weighted by atomic mass is 9.91. The molecule has 0 radical (unpaired) electrons. The molecule has 2 aliphatic heterocycles. The Labute approximate surface area is 83.3 Å². The average Bonchev–Trinajstić information content (AvgIpc) is 2.49. The molecule has 0 aromatic carbocycles. The number of likely N-dealkylation sites (tertiary alicyclic amines) is 1. The Hall–Kier alpha value is -0.810. The summed E-state index contributed by atoms with van der Waals surface area (Å²) in [5.41, 5.74) is 5.17. The Bertz CT molecular complexity index is 246. The Morgan fingerprint density at radius 3 is 3.00 bits per heavy atom. The van der Waals surface area contributed by atoms with Crippen LogP contribution >= 0.6 is 0 Å². The first-order valence-electron chi connectivity index (χ1n) is 5.02. The smallest absolute Gasteiger partial charge is 0.188 e. The fraction of sp³-hybridized carbons (Fsp3) is 0.889. The lowest BCUT2D eigenvalue weighted by molar-refractivity contribution is -0.108. The summed E-state index contributed by atoms with van der Waals surface area (Å²) in [4.78, 5) is 1.80. The van der Waals surface area contributed by atoms with E-state index in [1.807, 2.05) is 0 Å². The van der Waals surface area contributed by atoms with E-state index in [0.717, 1.165) is 19.4 Å². The van der Waals surface area contributed by atoms with E-state index in [1.54, 1.807) is 4.90 Å². The molecule has 2 heterocycles. The normalized spacial score (nSPS) is 37.8. The van der Waals surface area contributed by atoms with Crippen LogP contribution in [-0.4, -0.2) is 47.4 Å². The van der Waals surface area contributed by atoms with Gasteiger partial charge in [0.15, 0.2) is 5.96 Å². The van der Waals surface area contributed by atoms with Crippen LogP contribution in [0.15, 0.2) is 0 Å². The molecule has 1 spiro atoms. The molecule has 0 amide bonds. The molecule has 5 heteroatoms. The Balaban J connectivity index is 2.01. The van der Waals surface area contributed by atoms with Crippen molar-refractivity contribution in [2.75, 3.05) is 19.7 Å². The van der Waals surface area contributed by atoms with Crippen molar-refractivity contribution in [1.29, 1.82) is 5.41 Å². The van der Waals surface area contributed by atoms with Crippen LogP contribution in [0.1, 0.15) is 19.3 Å². The Kier molecular flexibility index (Phi) is 2.36. The van der Waals surface area contributed by atoms with Gasteiger partial charge in [0.25, 0.3) is 0 Å². The van der Waals surface area contributed by atoms with Crippen molar-refractivity contribution < 1.29 is 9.84 Å². The molecule has 80 valence electrons. The zero-order valence-corrected chi connectivity index (χ0v) is 8.20. The van der Waals surface area contributed by atoms with E-state index in [0.29, 0.717) is 19.6 Å². The quantitative estimate of drug-likeness (QED) is 0.362. The number of ether oxygens (including phenoxy) is 1. The summed E-state index contributed by atoms with van der Waals surface area (Å²) in [6, 6.07) is 0. The standard InChI is InChI=1S/C9H17N3O2/c10-8(11)12-3-2-9(6-12)5-7(13)1-4-14-9/h7,13H,1-6H2,(H3,10,11)/t7-,9+/m0/s1. The highest BCUT2D eigenvalue weighted by Crippen LogP contribution is 2.33. The predicted octanol–water partition coefficient (Wildman–Crippen LogP) is -0.504. The number of aliphatic hydroxyl groups excluding tert-OH is 1. The number of nitrogens with zero attached hydrogens (tertiary/aromatic N) is 1. The highest BCUT2D eigenvalue weighted by molar-refractivity contribution is 5.75. The molecule has 2 rings (SSSR count). The number of hydrogen-bond acceptors (Lipinski definition) is 3. The van der Waals surface area contributed by atoms with Gasteiger partial charge in [-0.2, -0.15) is 0 Å². The van der Waals surface area contributed by atoms with Gasteiger partial charge in [0.1, 0.15) is 0 Å². The first-order valence-corrected chi connectivity index (χ1v) is 5.02. The maximum absolute atomic E-state index is 9.58. The van der Waals surface area contributed by atoms with E-state index < -0.39 is 0 Å². The fourth-order valence-electron chi connectivity index (χ4n) is 2.34. The van der Waals surface area contributed by atoms with Crippen LogP contribution in [0.3, 0.4) is 0 Å². The molecular formula is C9H17N3O2. The minimum Gasteiger partial charge on any atom is -0.393 e. The van der Waals surface area contributed by atoms with Crippen molar-refractivity contribution >= 4 is 5.96 Å². The highest BCUT2D eigenvalue weighted by Gasteiger charge is 2.43. The maximum Gasteiger partial charge on any atom is 0.188 e. The topological polar surface area (TPSA) is 82.6 Å². The second-order valence-electron chi connectivity index (χ2n) is 4.23. The van der Waals surface area contributed by atoms with Crippen LogP contribution in [-0.2, 0) is 4.74 Å². The molecule has 2 aliphatic rings. The lowest BCUT2D eigenvalue weighted by Gasteiger charge is -2.36. The van der Waals surface area contributed by atoms with E-state index in [9.17, 15) is 5.11 Å². The molecule has 2 fully saturated rings. The van der Waals surface area contributed by atoms with Gasteiger partial charge in [-0.1, -0.05) is 0 Å². The second-order valence-corrected chi connectivity index (χ2v) is 4.23. The molecule has 14 heavy (non-hydrogen) atoms. The summed E-state index contributed by atoms with van der Waals surface area (Å²) < 4.78 is 5.72. The zero-order valence-electron chi connectivity index (χ0n) is 8.20. The molecule has 0 unspecified atom stereocenters. The third kappa shape index (κ3) is 1.69. The van der Waals surface area contributed by atoms with E-state index in [4.69, 9.17) is 15.9 Å². The number of aliphatic hydroxyl groups is 1. The maximum atomic E-state index is 9.58. The van der Waals surface area contributed by atoms with Crippen LogP contribution in [0.2, 0.25) is 0 Å². The summed E-state index contributed by atoms with van der Waals surface area (Å²) in [5, 5.41) is 16.9. The molecule has 2 saturated heterocycles. The van der Waals surface area contributed by atoms with Gasteiger partial charge in [-0.15, -0.1) is 0 Å². The van der Waals surface area contributed by atoms with Crippen LogP contribution in [0.4, 0.5) is 0 Å². The molecule has 0 aliphatic carbocycles. The number of nitrogens with two attached hydrogens (primary N) is 1. The summed E-state index contributed by atoms with van der Waals surface area (Å²) in [6.45, 7) is 2.04. The second kappa shape index (κ2) is 3.40. The van der Waals surface area contributed by atoms with Crippen molar-refractivity contribution in [1.82, 2.24) is 4.90 Å². The molecule has 0 bridgehead atoms. The van der Waals surface area contributed by atoms with Crippen LogP contribution < -0.4 is 5.73 Å². The van der Waals surface area contributed by atoms with Crippen molar-refractivity contribution in [3.05, 3.63) is 0 Å². The first kappa shape index (κ1) is 9.73. The third-order valence-corrected chi connectivity index (χ3v) is 3.12. The molecular weight excluding hydrogens is 182 g/mol. The van der Waals surface area contributed by atoms with Gasteiger partial charge >= 0.3 is 0 Å². The Morgan fingerprint density at radius 2 is 2.43 bits per heavy atom. The van der Waals surface area contributed by atoms with Crippen molar-refractivity contribution in [2.45, 2.75) is 31.0 Å². The number of rotatable bonds is 0. The average molecular weight is 199 g/mol.